The van der Waals surface area contributed by atoms with Crippen LogP contribution in [0, 0.1) is 0 Å². The van der Waals surface area contributed by atoms with Crippen LogP contribution < -0.4 is 5.48 Å². The van der Waals surface area contributed by atoms with Crippen molar-refractivity contribution in [3.8, 4) is 0 Å². The molecule has 0 aliphatic rings. The van der Waals surface area contributed by atoms with Gasteiger partial charge in [0, 0.05) is 10.0 Å². The van der Waals surface area contributed by atoms with Crippen molar-refractivity contribution in [2.75, 3.05) is 7.11 Å². The van der Waals surface area contributed by atoms with E-state index in [9.17, 15) is 0 Å². The van der Waals surface area contributed by atoms with Crippen molar-refractivity contribution in [1.29, 1.82) is 0 Å². The standard InChI is InChI=1S/C9H11Cl2NO/c1-6(12-13-2)8-5-7(10)3-4-9(8)11/h3-6,12H,1-2H3. The van der Waals surface area contributed by atoms with Gasteiger partial charge in [-0.15, -0.1) is 0 Å². The smallest absolute Gasteiger partial charge is 0.0572 e. The van der Waals surface area contributed by atoms with Crippen molar-refractivity contribution in [2.24, 2.45) is 0 Å². The fourth-order valence-electron chi connectivity index (χ4n) is 1.09. The number of nitrogens with one attached hydrogen (secondary N) is 1. The molecule has 0 fully saturated rings. The summed E-state index contributed by atoms with van der Waals surface area (Å²) in [7, 11) is 1.56. The summed E-state index contributed by atoms with van der Waals surface area (Å²) in [6.07, 6.45) is 0. The molecule has 0 saturated carbocycles. The molecule has 2 nitrogen and oxygen atoms in total. The first kappa shape index (κ1) is 10.8. The van der Waals surface area contributed by atoms with E-state index in [0.29, 0.717) is 10.0 Å². The third kappa shape index (κ3) is 2.85. The molecule has 1 atom stereocenters. The van der Waals surface area contributed by atoms with Crippen molar-refractivity contribution in [1.82, 2.24) is 5.48 Å². The fraction of sp³-hybridized carbons (Fsp3) is 0.333. The van der Waals surface area contributed by atoms with Gasteiger partial charge in [-0.05, 0) is 30.7 Å². The second-order valence-electron chi connectivity index (χ2n) is 2.71. The van der Waals surface area contributed by atoms with Gasteiger partial charge in [-0.1, -0.05) is 23.2 Å². The minimum absolute atomic E-state index is 0.0243. The van der Waals surface area contributed by atoms with Crippen LogP contribution in [-0.4, -0.2) is 7.11 Å². The van der Waals surface area contributed by atoms with Gasteiger partial charge in [-0.3, -0.25) is 0 Å². The second-order valence-corrected chi connectivity index (χ2v) is 3.55. The summed E-state index contributed by atoms with van der Waals surface area (Å²) >= 11 is 11.8. The Bertz CT molecular complexity index is 291. The highest BCUT2D eigenvalue weighted by Gasteiger charge is 2.09. The largest absolute Gasteiger partial charge is 0.305 e. The molecule has 72 valence electrons. The number of halogens is 2. The number of benzene rings is 1. The zero-order chi connectivity index (χ0) is 9.84. The van der Waals surface area contributed by atoms with Crippen LogP contribution in [0.2, 0.25) is 10.0 Å². The van der Waals surface area contributed by atoms with Crippen LogP contribution >= 0.6 is 23.2 Å². The molecule has 0 aliphatic heterocycles. The Morgan fingerprint density at radius 1 is 1.38 bits per heavy atom. The van der Waals surface area contributed by atoms with Gasteiger partial charge in [0.1, 0.15) is 0 Å². The lowest BCUT2D eigenvalue weighted by Gasteiger charge is -2.13. The van der Waals surface area contributed by atoms with E-state index in [2.05, 4.69) is 5.48 Å². The summed E-state index contributed by atoms with van der Waals surface area (Å²) in [5.74, 6) is 0. The van der Waals surface area contributed by atoms with Crippen molar-refractivity contribution in [3.63, 3.8) is 0 Å². The lowest BCUT2D eigenvalue weighted by Crippen LogP contribution is -2.17. The first-order valence-corrected chi connectivity index (χ1v) is 4.64. The summed E-state index contributed by atoms with van der Waals surface area (Å²) in [4.78, 5) is 4.80. The maximum atomic E-state index is 5.97. The lowest BCUT2D eigenvalue weighted by atomic mass is 10.1. The van der Waals surface area contributed by atoms with E-state index in [-0.39, 0.29) is 6.04 Å². The fourth-order valence-corrected chi connectivity index (χ4v) is 1.55. The van der Waals surface area contributed by atoms with Gasteiger partial charge in [0.05, 0.1) is 13.2 Å². The second kappa shape index (κ2) is 4.82. The molecule has 0 aromatic heterocycles. The SMILES string of the molecule is CONC(C)c1cc(Cl)ccc1Cl. The molecule has 1 rings (SSSR count). The Morgan fingerprint density at radius 2 is 2.08 bits per heavy atom. The minimum Gasteiger partial charge on any atom is -0.305 e. The molecule has 4 heteroatoms. The zero-order valence-electron chi connectivity index (χ0n) is 7.47. The topological polar surface area (TPSA) is 21.3 Å². The highest BCUT2D eigenvalue weighted by molar-refractivity contribution is 6.33. The maximum absolute atomic E-state index is 5.97. The number of hydrogen-bond acceptors (Lipinski definition) is 2. The summed E-state index contributed by atoms with van der Waals surface area (Å²) < 4.78 is 0. The van der Waals surface area contributed by atoms with Crippen molar-refractivity contribution < 1.29 is 4.84 Å². The predicted molar refractivity (Wildman–Crippen MR) is 55.0 cm³/mol. The highest BCUT2D eigenvalue weighted by atomic mass is 35.5. The maximum Gasteiger partial charge on any atom is 0.0572 e. The Labute approximate surface area is 87.8 Å². The molecule has 13 heavy (non-hydrogen) atoms. The normalized spacial score (nSPS) is 12.9. The number of hydrogen-bond donors (Lipinski definition) is 1. The van der Waals surface area contributed by atoms with Gasteiger partial charge >= 0.3 is 0 Å². The van der Waals surface area contributed by atoms with Gasteiger partial charge in [0.2, 0.25) is 0 Å². The molecule has 1 unspecified atom stereocenters. The van der Waals surface area contributed by atoms with Crippen molar-refractivity contribution >= 4 is 23.2 Å². The quantitative estimate of drug-likeness (QED) is 0.789. The van der Waals surface area contributed by atoms with E-state index in [1.807, 2.05) is 13.0 Å². The Hall–Kier alpha value is -0.280. The van der Waals surface area contributed by atoms with Crippen LogP contribution in [0.4, 0.5) is 0 Å². The molecule has 1 N–H and O–H groups in total. The minimum atomic E-state index is 0.0243. The third-order valence-corrected chi connectivity index (χ3v) is 2.30. The Morgan fingerprint density at radius 3 is 2.69 bits per heavy atom. The van der Waals surface area contributed by atoms with Crippen LogP contribution in [-0.2, 0) is 4.84 Å². The van der Waals surface area contributed by atoms with E-state index in [4.69, 9.17) is 28.0 Å². The molecule has 0 saturated heterocycles. The summed E-state index contributed by atoms with van der Waals surface area (Å²) in [5.41, 5.74) is 3.71. The van der Waals surface area contributed by atoms with Crippen molar-refractivity contribution in [3.05, 3.63) is 33.8 Å². The summed E-state index contributed by atoms with van der Waals surface area (Å²) in [5, 5.41) is 1.35. The molecular weight excluding hydrogens is 209 g/mol. The average Bonchev–Trinajstić information content (AvgIpc) is 2.09. The molecule has 1 aromatic rings. The third-order valence-electron chi connectivity index (χ3n) is 1.72. The zero-order valence-corrected chi connectivity index (χ0v) is 8.99. The van der Waals surface area contributed by atoms with Gasteiger partial charge in [0.25, 0.3) is 0 Å². The molecular formula is C9H11Cl2NO. The average molecular weight is 220 g/mol. The van der Waals surface area contributed by atoms with Crippen LogP contribution in [0.5, 0.6) is 0 Å². The molecule has 0 heterocycles. The van der Waals surface area contributed by atoms with Crippen LogP contribution in [0.25, 0.3) is 0 Å². The molecule has 1 aromatic carbocycles. The van der Waals surface area contributed by atoms with Gasteiger partial charge in [-0.25, -0.2) is 0 Å². The first-order valence-electron chi connectivity index (χ1n) is 3.88. The highest BCUT2D eigenvalue weighted by Crippen LogP contribution is 2.25. The monoisotopic (exact) mass is 219 g/mol. The summed E-state index contributed by atoms with van der Waals surface area (Å²) in [6, 6.07) is 5.37. The molecule has 0 bridgehead atoms. The Balaban J connectivity index is 2.91. The Kier molecular flexibility index (Phi) is 4.00. The van der Waals surface area contributed by atoms with E-state index in [0.717, 1.165) is 5.56 Å². The molecule has 0 radical (unpaired) electrons. The first-order chi connectivity index (χ1) is 6.15. The predicted octanol–water partition coefficient (Wildman–Crippen LogP) is 3.21. The van der Waals surface area contributed by atoms with E-state index in [1.54, 1.807) is 19.2 Å². The van der Waals surface area contributed by atoms with Crippen LogP contribution in [0.15, 0.2) is 18.2 Å². The molecule has 0 aliphatic carbocycles. The lowest BCUT2D eigenvalue weighted by molar-refractivity contribution is 0.0659. The van der Waals surface area contributed by atoms with Crippen LogP contribution in [0.1, 0.15) is 18.5 Å². The van der Waals surface area contributed by atoms with Crippen molar-refractivity contribution in [2.45, 2.75) is 13.0 Å². The van der Waals surface area contributed by atoms with E-state index in [1.165, 1.54) is 0 Å². The van der Waals surface area contributed by atoms with E-state index < -0.39 is 0 Å². The van der Waals surface area contributed by atoms with Crippen LogP contribution in [0.3, 0.4) is 0 Å². The van der Waals surface area contributed by atoms with E-state index >= 15 is 0 Å². The van der Waals surface area contributed by atoms with Gasteiger partial charge < -0.3 is 4.84 Å². The number of hydroxylamine groups is 1. The molecule has 0 spiro atoms. The van der Waals surface area contributed by atoms with Gasteiger partial charge in [-0.2, -0.15) is 5.48 Å². The molecule has 0 amide bonds. The van der Waals surface area contributed by atoms with Gasteiger partial charge in [0.15, 0.2) is 0 Å². The number of rotatable bonds is 3. The summed E-state index contributed by atoms with van der Waals surface area (Å²) in [6.45, 7) is 1.95.